The number of ether oxygens (including phenoxy) is 1. The molecule has 0 aliphatic carbocycles. The Morgan fingerprint density at radius 1 is 0.739 bits per heavy atom. The first-order valence-corrected chi connectivity index (χ1v) is 7.48. The molecule has 3 rings (SSSR count). The van der Waals surface area contributed by atoms with Gasteiger partial charge in [-0.25, -0.2) is 0 Å². The highest BCUT2D eigenvalue weighted by molar-refractivity contribution is 5.77. The normalized spacial score (nSPS) is 11.3. The van der Waals surface area contributed by atoms with E-state index in [1.807, 2.05) is 60.7 Å². The zero-order valence-corrected chi connectivity index (χ0v) is 13.0. The van der Waals surface area contributed by atoms with Crippen molar-refractivity contribution >= 4 is 24.3 Å². The topological polar surface area (TPSA) is 22.4 Å². The Bertz CT molecular complexity index is 793. The Labute approximate surface area is 136 Å². The molecule has 23 heavy (non-hydrogen) atoms. The molecule has 0 bridgehead atoms. The van der Waals surface area contributed by atoms with Gasteiger partial charge in [0.25, 0.3) is 0 Å². The molecular weight excluding hydrogens is 284 g/mol. The number of benzene rings is 2. The van der Waals surface area contributed by atoms with Gasteiger partial charge in [-0.15, -0.1) is 0 Å². The van der Waals surface area contributed by atoms with E-state index in [9.17, 15) is 0 Å². The monoisotopic (exact) mass is 302 g/mol. The first kappa shape index (κ1) is 14.9. The van der Waals surface area contributed by atoms with Crippen molar-refractivity contribution in [1.29, 1.82) is 0 Å². The van der Waals surface area contributed by atoms with Crippen LogP contribution < -0.4 is 4.74 Å². The highest BCUT2D eigenvalue weighted by atomic mass is 16.5. The van der Waals surface area contributed by atoms with Crippen LogP contribution in [0.25, 0.3) is 24.3 Å². The lowest BCUT2D eigenvalue weighted by molar-refractivity contribution is 0.415. The van der Waals surface area contributed by atoms with Gasteiger partial charge in [-0.1, -0.05) is 60.7 Å². The molecular formula is C21H18O2. The molecule has 1 heterocycles. The summed E-state index contributed by atoms with van der Waals surface area (Å²) >= 11 is 0. The van der Waals surface area contributed by atoms with Crippen LogP contribution in [0.2, 0.25) is 0 Å². The molecule has 0 aliphatic rings. The molecule has 2 nitrogen and oxygen atoms in total. The lowest BCUT2D eigenvalue weighted by atomic mass is 10.1. The van der Waals surface area contributed by atoms with Crippen molar-refractivity contribution in [2.45, 2.75) is 0 Å². The quantitative estimate of drug-likeness (QED) is 0.609. The van der Waals surface area contributed by atoms with Crippen LogP contribution in [0.4, 0.5) is 0 Å². The van der Waals surface area contributed by atoms with Crippen LogP contribution in [-0.2, 0) is 0 Å². The Hall–Kier alpha value is -3.00. The standard InChI is InChI=1S/C21H18O2/c1-22-20-12-8-18(9-13-20)7-11-19-15-16-23-21(19)14-10-17-5-3-2-4-6-17/h2-16H,1H3/b11-7+,14-10+. The summed E-state index contributed by atoms with van der Waals surface area (Å²) in [6.07, 6.45) is 9.85. The van der Waals surface area contributed by atoms with Crippen LogP contribution in [0, 0.1) is 0 Å². The molecule has 2 aromatic carbocycles. The van der Waals surface area contributed by atoms with Gasteiger partial charge in [0.1, 0.15) is 11.5 Å². The van der Waals surface area contributed by atoms with Gasteiger partial charge in [0.15, 0.2) is 0 Å². The van der Waals surface area contributed by atoms with Crippen molar-refractivity contribution in [2.75, 3.05) is 7.11 Å². The van der Waals surface area contributed by atoms with Gasteiger partial charge in [0, 0.05) is 5.56 Å². The van der Waals surface area contributed by atoms with E-state index >= 15 is 0 Å². The average Bonchev–Trinajstić information content (AvgIpc) is 3.07. The van der Waals surface area contributed by atoms with Gasteiger partial charge in [0.2, 0.25) is 0 Å². The minimum atomic E-state index is 0.846. The van der Waals surface area contributed by atoms with Crippen LogP contribution in [0.3, 0.4) is 0 Å². The molecule has 0 aliphatic heterocycles. The van der Waals surface area contributed by atoms with Crippen molar-refractivity contribution < 1.29 is 9.15 Å². The number of hydrogen-bond donors (Lipinski definition) is 0. The summed E-state index contributed by atoms with van der Waals surface area (Å²) in [5, 5.41) is 0. The summed E-state index contributed by atoms with van der Waals surface area (Å²) in [6, 6.07) is 20.1. The first-order valence-electron chi connectivity index (χ1n) is 7.48. The third kappa shape index (κ3) is 4.01. The van der Waals surface area contributed by atoms with Gasteiger partial charge in [-0.05, 0) is 35.4 Å². The van der Waals surface area contributed by atoms with Crippen molar-refractivity contribution in [2.24, 2.45) is 0 Å². The van der Waals surface area contributed by atoms with E-state index in [4.69, 9.17) is 9.15 Å². The van der Waals surface area contributed by atoms with Crippen LogP contribution in [0.1, 0.15) is 22.5 Å². The molecule has 0 amide bonds. The third-order valence-electron chi connectivity index (χ3n) is 3.53. The lowest BCUT2D eigenvalue weighted by Crippen LogP contribution is -1.81. The molecule has 0 unspecified atom stereocenters. The number of rotatable bonds is 5. The summed E-state index contributed by atoms with van der Waals surface area (Å²) < 4.78 is 10.7. The number of hydrogen-bond acceptors (Lipinski definition) is 2. The number of methoxy groups -OCH3 is 1. The highest BCUT2D eigenvalue weighted by Gasteiger charge is 1.99. The maximum atomic E-state index is 5.55. The predicted molar refractivity (Wildman–Crippen MR) is 96.0 cm³/mol. The zero-order valence-electron chi connectivity index (χ0n) is 13.0. The van der Waals surface area contributed by atoms with Crippen molar-refractivity contribution in [3.8, 4) is 5.75 Å². The summed E-state index contributed by atoms with van der Waals surface area (Å²) in [6.45, 7) is 0. The fourth-order valence-electron chi connectivity index (χ4n) is 2.24. The fraction of sp³-hybridized carbons (Fsp3) is 0.0476. The van der Waals surface area contributed by atoms with Gasteiger partial charge in [0.05, 0.1) is 13.4 Å². The van der Waals surface area contributed by atoms with Crippen molar-refractivity contribution in [3.63, 3.8) is 0 Å². The SMILES string of the molecule is COc1ccc(/C=C/c2ccoc2/C=C/c2ccccc2)cc1. The largest absolute Gasteiger partial charge is 0.497 e. The first-order chi connectivity index (χ1) is 11.3. The maximum absolute atomic E-state index is 5.55. The molecule has 0 N–H and O–H groups in total. The molecule has 0 radical (unpaired) electrons. The van der Waals surface area contributed by atoms with Crippen LogP contribution in [0.5, 0.6) is 5.75 Å². The lowest BCUT2D eigenvalue weighted by Gasteiger charge is -1.99. The van der Waals surface area contributed by atoms with Crippen molar-refractivity contribution in [3.05, 3.63) is 89.4 Å². The van der Waals surface area contributed by atoms with E-state index in [0.29, 0.717) is 0 Å². The van der Waals surface area contributed by atoms with E-state index in [1.54, 1.807) is 13.4 Å². The van der Waals surface area contributed by atoms with E-state index in [1.165, 1.54) is 0 Å². The fourth-order valence-corrected chi connectivity index (χ4v) is 2.24. The van der Waals surface area contributed by atoms with Gasteiger partial charge < -0.3 is 9.15 Å². The van der Waals surface area contributed by atoms with E-state index in [-0.39, 0.29) is 0 Å². The average molecular weight is 302 g/mol. The van der Waals surface area contributed by atoms with Gasteiger partial charge in [-0.2, -0.15) is 0 Å². The second-order valence-electron chi connectivity index (χ2n) is 5.09. The molecule has 0 fully saturated rings. The summed E-state index contributed by atoms with van der Waals surface area (Å²) in [7, 11) is 1.67. The van der Waals surface area contributed by atoms with Gasteiger partial charge >= 0.3 is 0 Å². The Balaban J connectivity index is 1.75. The molecule has 0 atom stereocenters. The van der Waals surface area contributed by atoms with E-state index in [0.717, 1.165) is 28.2 Å². The van der Waals surface area contributed by atoms with Gasteiger partial charge in [-0.3, -0.25) is 0 Å². The second kappa shape index (κ2) is 7.32. The minimum absolute atomic E-state index is 0.846. The predicted octanol–water partition coefficient (Wildman–Crippen LogP) is 5.63. The summed E-state index contributed by atoms with van der Waals surface area (Å²) in [5.74, 6) is 1.70. The van der Waals surface area contributed by atoms with Crippen LogP contribution in [-0.4, -0.2) is 7.11 Å². The Kier molecular flexibility index (Phi) is 4.75. The van der Waals surface area contributed by atoms with E-state index < -0.39 is 0 Å². The Morgan fingerprint density at radius 3 is 2.17 bits per heavy atom. The minimum Gasteiger partial charge on any atom is -0.497 e. The molecule has 0 saturated carbocycles. The molecule has 0 spiro atoms. The molecule has 0 saturated heterocycles. The second-order valence-corrected chi connectivity index (χ2v) is 5.09. The van der Waals surface area contributed by atoms with Crippen LogP contribution in [0.15, 0.2) is 71.3 Å². The maximum Gasteiger partial charge on any atom is 0.133 e. The molecule has 2 heteroatoms. The molecule has 1 aromatic heterocycles. The Morgan fingerprint density at radius 2 is 1.43 bits per heavy atom. The number of furan rings is 1. The third-order valence-corrected chi connectivity index (χ3v) is 3.53. The van der Waals surface area contributed by atoms with Crippen molar-refractivity contribution in [1.82, 2.24) is 0 Å². The van der Waals surface area contributed by atoms with E-state index in [2.05, 4.69) is 24.3 Å². The zero-order chi connectivity index (χ0) is 15.9. The highest BCUT2D eigenvalue weighted by Crippen LogP contribution is 2.19. The summed E-state index contributed by atoms with van der Waals surface area (Å²) in [5.41, 5.74) is 3.31. The van der Waals surface area contributed by atoms with Crippen LogP contribution >= 0.6 is 0 Å². The molecule has 114 valence electrons. The smallest absolute Gasteiger partial charge is 0.133 e. The summed E-state index contributed by atoms with van der Waals surface area (Å²) in [4.78, 5) is 0. The molecule has 3 aromatic rings.